The van der Waals surface area contributed by atoms with Crippen LogP contribution in [-0.4, -0.2) is 48.0 Å². The highest BCUT2D eigenvalue weighted by molar-refractivity contribution is 5.28. The first kappa shape index (κ1) is 16.9. The Labute approximate surface area is 142 Å². The highest BCUT2D eigenvalue weighted by atomic mass is 16.5. The van der Waals surface area contributed by atoms with E-state index in [2.05, 4.69) is 41.0 Å². The molecule has 24 heavy (non-hydrogen) atoms. The molecule has 6 nitrogen and oxygen atoms in total. The van der Waals surface area contributed by atoms with E-state index in [4.69, 9.17) is 14.0 Å². The van der Waals surface area contributed by atoms with Crippen LogP contribution >= 0.6 is 0 Å². The van der Waals surface area contributed by atoms with Crippen molar-refractivity contribution in [3.63, 3.8) is 0 Å². The molecule has 1 atom stereocenters. The number of morpholine rings is 1. The Morgan fingerprint density at radius 3 is 3.00 bits per heavy atom. The Morgan fingerprint density at radius 1 is 1.38 bits per heavy atom. The summed E-state index contributed by atoms with van der Waals surface area (Å²) in [5.74, 6) is 2.62. The van der Waals surface area contributed by atoms with Crippen molar-refractivity contribution in [1.82, 2.24) is 15.0 Å². The fraction of sp³-hybridized carbons (Fsp3) is 0.556. The Morgan fingerprint density at radius 2 is 2.25 bits per heavy atom. The van der Waals surface area contributed by atoms with E-state index in [1.165, 1.54) is 5.56 Å². The predicted octanol–water partition coefficient (Wildman–Crippen LogP) is 2.65. The number of hydrogen-bond donors (Lipinski definition) is 0. The summed E-state index contributed by atoms with van der Waals surface area (Å²) in [7, 11) is 1.69. The Hall–Kier alpha value is -1.92. The second-order valence-corrected chi connectivity index (χ2v) is 6.48. The first-order chi connectivity index (χ1) is 11.6. The maximum Gasteiger partial charge on any atom is 0.240 e. The van der Waals surface area contributed by atoms with Crippen LogP contribution in [0.25, 0.3) is 0 Å². The number of hydrogen-bond acceptors (Lipinski definition) is 6. The van der Waals surface area contributed by atoms with Crippen molar-refractivity contribution in [1.29, 1.82) is 0 Å². The van der Waals surface area contributed by atoms with Gasteiger partial charge in [-0.25, -0.2) is 0 Å². The zero-order valence-corrected chi connectivity index (χ0v) is 14.6. The molecule has 0 N–H and O–H groups in total. The minimum absolute atomic E-state index is 0.165. The maximum atomic E-state index is 5.92. The van der Waals surface area contributed by atoms with Gasteiger partial charge in [0.1, 0.15) is 5.75 Å². The number of ether oxygens (including phenoxy) is 2. The SMILES string of the molecule is COc1cccc(C[C@H]2CN(Cc3nc(C(C)C)no3)CCO2)c1. The largest absolute Gasteiger partial charge is 0.497 e. The van der Waals surface area contributed by atoms with Crippen LogP contribution in [-0.2, 0) is 17.7 Å². The van der Waals surface area contributed by atoms with E-state index in [9.17, 15) is 0 Å². The average molecular weight is 331 g/mol. The van der Waals surface area contributed by atoms with Gasteiger partial charge in [0.05, 0.1) is 26.4 Å². The highest BCUT2D eigenvalue weighted by Crippen LogP contribution is 2.18. The summed E-state index contributed by atoms with van der Waals surface area (Å²) >= 11 is 0. The van der Waals surface area contributed by atoms with Gasteiger partial charge in [0.2, 0.25) is 5.89 Å². The molecule has 1 aliphatic heterocycles. The lowest BCUT2D eigenvalue weighted by molar-refractivity contribution is -0.0331. The summed E-state index contributed by atoms with van der Waals surface area (Å²) in [5.41, 5.74) is 1.22. The van der Waals surface area contributed by atoms with Crippen LogP contribution in [0.5, 0.6) is 5.75 Å². The summed E-state index contributed by atoms with van der Waals surface area (Å²) in [5, 5.41) is 4.03. The minimum Gasteiger partial charge on any atom is -0.497 e. The lowest BCUT2D eigenvalue weighted by Gasteiger charge is -2.32. The highest BCUT2D eigenvalue weighted by Gasteiger charge is 2.23. The third-order valence-corrected chi connectivity index (χ3v) is 4.18. The molecule has 0 unspecified atom stereocenters. The molecule has 0 amide bonds. The summed E-state index contributed by atoms with van der Waals surface area (Å²) in [4.78, 5) is 6.77. The Kier molecular flexibility index (Phi) is 5.48. The fourth-order valence-corrected chi connectivity index (χ4v) is 2.87. The topological polar surface area (TPSA) is 60.6 Å². The van der Waals surface area contributed by atoms with Crippen LogP contribution < -0.4 is 4.74 Å². The van der Waals surface area contributed by atoms with E-state index < -0.39 is 0 Å². The zero-order valence-electron chi connectivity index (χ0n) is 14.6. The third-order valence-electron chi connectivity index (χ3n) is 4.18. The van der Waals surface area contributed by atoms with Gasteiger partial charge in [0, 0.05) is 25.4 Å². The van der Waals surface area contributed by atoms with Gasteiger partial charge in [-0.1, -0.05) is 31.1 Å². The van der Waals surface area contributed by atoms with Crippen molar-refractivity contribution >= 4 is 0 Å². The number of nitrogens with zero attached hydrogens (tertiary/aromatic N) is 3. The van der Waals surface area contributed by atoms with Crippen LogP contribution in [0.4, 0.5) is 0 Å². The van der Waals surface area contributed by atoms with Crippen LogP contribution in [0.15, 0.2) is 28.8 Å². The van der Waals surface area contributed by atoms with Crippen molar-refractivity contribution in [2.45, 2.75) is 38.8 Å². The molecule has 1 aliphatic rings. The van der Waals surface area contributed by atoms with E-state index in [0.29, 0.717) is 12.4 Å². The predicted molar refractivity (Wildman–Crippen MR) is 90.1 cm³/mol. The van der Waals surface area contributed by atoms with Crippen LogP contribution in [0.1, 0.15) is 37.0 Å². The van der Waals surface area contributed by atoms with Crippen LogP contribution in [0.2, 0.25) is 0 Å². The van der Waals surface area contributed by atoms with Crippen molar-refractivity contribution in [2.24, 2.45) is 0 Å². The molecular weight excluding hydrogens is 306 g/mol. The molecule has 0 spiro atoms. The molecule has 0 saturated carbocycles. The molecule has 0 aliphatic carbocycles. The van der Waals surface area contributed by atoms with Crippen molar-refractivity contribution < 1.29 is 14.0 Å². The summed E-state index contributed by atoms with van der Waals surface area (Å²) in [6.45, 7) is 7.27. The zero-order chi connectivity index (χ0) is 16.9. The van der Waals surface area contributed by atoms with E-state index in [1.54, 1.807) is 7.11 Å². The van der Waals surface area contributed by atoms with Crippen molar-refractivity contribution in [3.05, 3.63) is 41.5 Å². The average Bonchev–Trinajstić information content (AvgIpc) is 3.04. The summed E-state index contributed by atoms with van der Waals surface area (Å²) in [6, 6.07) is 8.15. The standard InChI is InChI=1S/C18H25N3O3/c1-13(2)18-19-17(24-20-18)12-21-7-8-23-16(11-21)10-14-5-4-6-15(9-14)22-3/h4-6,9,13,16H,7-8,10-12H2,1-3H3/t16-/m0/s1. The summed E-state index contributed by atoms with van der Waals surface area (Å²) < 4.78 is 16.6. The molecule has 2 aromatic rings. The van der Waals surface area contributed by atoms with E-state index in [-0.39, 0.29) is 12.0 Å². The first-order valence-electron chi connectivity index (χ1n) is 8.43. The molecule has 1 fully saturated rings. The molecular formula is C18H25N3O3. The lowest BCUT2D eigenvalue weighted by atomic mass is 10.1. The number of rotatable bonds is 6. The Bertz CT molecular complexity index is 656. The molecule has 1 saturated heterocycles. The van der Waals surface area contributed by atoms with E-state index >= 15 is 0 Å². The second-order valence-electron chi connectivity index (χ2n) is 6.48. The molecule has 0 bridgehead atoms. The van der Waals surface area contributed by atoms with Crippen molar-refractivity contribution in [2.75, 3.05) is 26.8 Å². The maximum absolute atomic E-state index is 5.92. The van der Waals surface area contributed by atoms with Gasteiger partial charge < -0.3 is 14.0 Å². The molecule has 6 heteroatoms. The minimum atomic E-state index is 0.165. The normalized spacial score (nSPS) is 18.9. The molecule has 130 valence electrons. The molecule has 1 aromatic heterocycles. The van der Waals surface area contributed by atoms with Gasteiger partial charge in [-0.05, 0) is 17.7 Å². The molecule has 1 aromatic carbocycles. The monoisotopic (exact) mass is 331 g/mol. The van der Waals surface area contributed by atoms with Crippen LogP contribution in [0.3, 0.4) is 0 Å². The third kappa shape index (κ3) is 4.33. The first-order valence-corrected chi connectivity index (χ1v) is 8.43. The van der Waals surface area contributed by atoms with Crippen LogP contribution in [0, 0.1) is 0 Å². The van der Waals surface area contributed by atoms with Gasteiger partial charge in [-0.2, -0.15) is 4.98 Å². The second kappa shape index (κ2) is 7.77. The lowest BCUT2D eigenvalue weighted by Crippen LogP contribution is -2.42. The molecule has 2 heterocycles. The quantitative estimate of drug-likeness (QED) is 0.811. The van der Waals surface area contributed by atoms with E-state index in [1.807, 2.05) is 12.1 Å². The van der Waals surface area contributed by atoms with Gasteiger partial charge >= 0.3 is 0 Å². The number of aromatic nitrogens is 2. The van der Waals surface area contributed by atoms with Gasteiger partial charge in [-0.3, -0.25) is 4.90 Å². The van der Waals surface area contributed by atoms with E-state index in [0.717, 1.165) is 37.7 Å². The smallest absolute Gasteiger partial charge is 0.240 e. The summed E-state index contributed by atoms with van der Waals surface area (Å²) in [6.07, 6.45) is 1.03. The van der Waals surface area contributed by atoms with Gasteiger partial charge in [0.25, 0.3) is 0 Å². The number of methoxy groups -OCH3 is 1. The fourth-order valence-electron chi connectivity index (χ4n) is 2.87. The van der Waals surface area contributed by atoms with Gasteiger partial charge in [0.15, 0.2) is 5.82 Å². The number of benzene rings is 1. The molecule has 3 rings (SSSR count). The van der Waals surface area contributed by atoms with Crippen molar-refractivity contribution in [3.8, 4) is 5.75 Å². The van der Waals surface area contributed by atoms with Gasteiger partial charge in [-0.15, -0.1) is 0 Å². The molecule has 0 radical (unpaired) electrons. The Balaban J connectivity index is 1.57.